The van der Waals surface area contributed by atoms with Gasteiger partial charge in [-0.2, -0.15) is 0 Å². The predicted octanol–water partition coefficient (Wildman–Crippen LogP) is 1.81. The number of ether oxygens (including phenoxy) is 6. The minimum Gasteiger partial charge on any atom is -0.487 e. The molecule has 1 aliphatic heterocycles. The monoisotopic (exact) mass is 344 g/mol. The summed E-state index contributed by atoms with van der Waals surface area (Å²) in [6, 6.07) is 5.53. The summed E-state index contributed by atoms with van der Waals surface area (Å²) in [4.78, 5) is 0.817. The van der Waals surface area contributed by atoms with Crippen LogP contribution in [0.1, 0.15) is 0 Å². The summed E-state index contributed by atoms with van der Waals surface area (Å²) in [6.07, 6.45) is 0. The zero-order valence-corrected chi connectivity index (χ0v) is 14.1. The van der Waals surface area contributed by atoms with E-state index in [1.165, 1.54) is 0 Å². The summed E-state index contributed by atoms with van der Waals surface area (Å²) in [5, 5.41) is 0. The van der Waals surface area contributed by atoms with Gasteiger partial charge in [0.1, 0.15) is 13.2 Å². The second-order valence-corrected chi connectivity index (χ2v) is 5.29. The molecule has 0 atom stereocenters. The van der Waals surface area contributed by atoms with Crippen molar-refractivity contribution in [2.45, 2.75) is 4.90 Å². The zero-order valence-electron chi connectivity index (χ0n) is 13.2. The van der Waals surface area contributed by atoms with E-state index >= 15 is 0 Å². The van der Waals surface area contributed by atoms with E-state index in [0.29, 0.717) is 77.6 Å². The molecule has 0 saturated heterocycles. The number of hydrogen-bond acceptors (Lipinski definition) is 7. The summed E-state index contributed by atoms with van der Waals surface area (Å²) < 4.78 is 33.1. The summed E-state index contributed by atoms with van der Waals surface area (Å²) in [6.45, 7) is 5.12. The first kappa shape index (κ1) is 18.4. The second-order valence-electron chi connectivity index (χ2n) is 4.78. The van der Waals surface area contributed by atoms with Crippen LogP contribution in [0, 0.1) is 0 Å². The maximum absolute atomic E-state index is 5.71. The van der Waals surface area contributed by atoms with Crippen molar-refractivity contribution in [2.75, 3.05) is 66.1 Å². The van der Waals surface area contributed by atoms with Gasteiger partial charge in [-0.3, -0.25) is 0 Å². The molecule has 6 nitrogen and oxygen atoms in total. The minimum absolute atomic E-state index is 0.438. The molecule has 0 aromatic heterocycles. The molecule has 1 aliphatic rings. The Kier molecular flexibility index (Phi) is 9.20. The van der Waals surface area contributed by atoms with Gasteiger partial charge in [0, 0.05) is 4.90 Å². The number of thiol groups is 1. The van der Waals surface area contributed by atoms with Crippen molar-refractivity contribution in [3.8, 4) is 11.5 Å². The van der Waals surface area contributed by atoms with E-state index in [1.54, 1.807) is 0 Å². The first-order valence-electron chi connectivity index (χ1n) is 7.76. The van der Waals surface area contributed by atoms with Crippen molar-refractivity contribution in [3.63, 3.8) is 0 Å². The third-order valence-electron chi connectivity index (χ3n) is 3.01. The second kappa shape index (κ2) is 11.5. The van der Waals surface area contributed by atoms with E-state index in [4.69, 9.17) is 28.4 Å². The van der Waals surface area contributed by atoms with Crippen LogP contribution >= 0.6 is 12.6 Å². The molecule has 7 heteroatoms. The van der Waals surface area contributed by atoms with E-state index in [-0.39, 0.29) is 0 Å². The van der Waals surface area contributed by atoms with E-state index < -0.39 is 0 Å². The van der Waals surface area contributed by atoms with Gasteiger partial charge in [0.25, 0.3) is 0 Å². The van der Waals surface area contributed by atoms with Crippen molar-refractivity contribution in [2.24, 2.45) is 0 Å². The van der Waals surface area contributed by atoms with Crippen LogP contribution in [0.25, 0.3) is 0 Å². The highest BCUT2D eigenvalue weighted by Gasteiger charge is 2.06. The normalized spacial score (nSPS) is 19.5. The molecule has 0 radical (unpaired) electrons. The molecule has 1 heterocycles. The third-order valence-corrected chi connectivity index (χ3v) is 3.29. The molecule has 0 bridgehead atoms. The van der Waals surface area contributed by atoms with Gasteiger partial charge in [-0.05, 0) is 18.2 Å². The van der Waals surface area contributed by atoms with Crippen LogP contribution in [-0.4, -0.2) is 66.1 Å². The SMILES string of the molecule is Sc1ccc2c(c1)OCCOCCOCCOCCOCCO2. The maximum Gasteiger partial charge on any atom is 0.162 e. The smallest absolute Gasteiger partial charge is 0.162 e. The van der Waals surface area contributed by atoms with Gasteiger partial charge < -0.3 is 28.4 Å². The Labute approximate surface area is 142 Å². The molecule has 0 fully saturated rings. The fourth-order valence-electron chi connectivity index (χ4n) is 1.91. The molecule has 1 aromatic rings. The van der Waals surface area contributed by atoms with E-state index in [0.717, 1.165) is 4.90 Å². The Bertz CT molecular complexity index is 443. The molecule has 2 rings (SSSR count). The summed E-state index contributed by atoms with van der Waals surface area (Å²) in [5.74, 6) is 1.33. The highest BCUT2D eigenvalue weighted by atomic mass is 32.1. The van der Waals surface area contributed by atoms with Crippen LogP contribution in [0.4, 0.5) is 0 Å². The minimum atomic E-state index is 0.438. The van der Waals surface area contributed by atoms with Crippen LogP contribution in [0.15, 0.2) is 23.1 Å². The molecule has 23 heavy (non-hydrogen) atoms. The molecule has 0 unspecified atom stereocenters. The van der Waals surface area contributed by atoms with Crippen molar-refractivity contribution in [1.29, 1.82) is 0 Å². The summed E-state index contributed by atoms with van der Waals surface area (Å²) >= 11 is 4.32. The lowest BCUT2D eigenvalue weighted by atomic mass is 10.3. The van der Waals surface area contributed by atoms with Crippen LogP contribution in [0.2, 0.25) is 0 Å². The van der Waals surface area contributed by atoms with Crippen molar-refractivity contribution in [1.82, 2.24) is 0 Å². The highest BCUT2D eigenvalue weighted by Crippen LogP contribution is 2.29. The van der Waals surface area contributed by atoms with Gasteiger partial charge in [-0.1, -0.05) is 0 Å². The number of benzene rings is 1. The van der Waals surface area contributed by atoms with Crippen LogP contribution < -0.4 is 9.47 Å². The standard InChI is InChI=1S/C16H24O6S/c23-14-1-2-15-16(13-14)22-12-10-20-8-6-18-4-3-17-5-7-19-9-11-21-15/h1-2,13,23H,3-12H2. The number of hydrogen-bond donors (Lipinski definition) is 1. The van der Waals surface area contributed by atoms with Gasteiger partial charge in [-0.15, -0.1) is 12.6 Å². The first-order valence-corrected chi connectivity index (χ1v) is 8.20. The molecule has 130 valence electrons. The van der Waals surface area contributed by atoms with Gasteiger partial charge in [0.15, 0.2) is 11.5 Å². The van der Waals surface area contributed by atoms with Crippen LogP contribution in [0.5, 0.6) is 11.5 Å². The molecule has 0 aliphatic carbocycles. The largest absolute Gasteiger partial charge is 0.487 e. The molecule has 0 amide bonds. The Balaban J connectivity index is 1.84. The van der Waals surface area contributed by atoms with Gasteiger partial charge in [0.05, 0.1) is 52.9 Å². The van der Waals surface area contributed by atoms with E-state index in [1.807, 2.05) is 18.2 Å². The van der Waals surface area contributed by atoms with Crippen LogP contribution in [-0.2, 0) is 18.9 Å². The molecular formula is C16H24O6S. The first-order chi connectivity index (χ1) is 11.4. The summed E-state index contributed by atoms with van der Waals surface area (Å²) in [7, 11) is 0. The fraction of sp³-hybridized carbons (Fsp3) is 0.625. The fourth-order valence-corrected chi connectivity index (χ4v) is 2.10. The Morgan fingerprint density at radius 3 is 1.52 bits per heavy atom. The average Bonchev–Trinajstić information content (AvgIpc) is 2.55. The molecular weight excluding hydrogens is 320 g/mol. The van der Waals surface area contributed by atoms with Gasteiger partial charge >= 0.3 is 0 Å². The van der Waals surface area contributed by atoms with Crippen molar-refractivity contribution in [3.05, 3.63) is 18.2 Å². The topological polar surface area (TPSA) is 55.4 Å². The third kappa shape index (κ3) is 7.90. The average molecular weight is 344 g/mol. The van der Waals surface area contributed by atoms with E-state index in [9.17, 15) is 0 Å². The zero-order chi connectivity index (χ0) is 16.2. The lowest BCUT2D eigenvalue weighted by molar-refractivity contribution is -0.00842. The Morgan fingerprint density at radius 2 is 1.00 bits per heavy atom. The lowest BCUT2D eigenvalue weighted by Crippen LogP contribution is -2.15. The van der Waals surface area contributed by atoms with E-state index in [2.05, 4.69) is 12.6 Å². The van der Waals surface area contributed by atoms with Crippen LogP contribution in [0.3, 0.4) is 0 Å². The van der Waals surface area contributed by atoms with Crippen molar-refractivity contribution < 1.29 is 28.4 Å². The number of rotatable bonds is 0. The maximum atomic E-state index is 5.71. The van der Waals surface area contributed by atoms with Gasteiger partial charge in [-0.25, -0.2) is 0 Å². The highest BCUT2D eigenvalue weighted by molar-refractivity contribution is 7.80. The molecule has 1 aromatic carbocycles. The lowest BCUT2D eigenvalue weighted by Gasteiger charge is -2.14. The Hall–Kier alpha value is -0.990. The molecule has 0 spiro atoms. The molecule has 0 saturated carbocycles. The number of fused-ring (bicyclic) bond motifs is 1. The van der Waals surface area contributed by atoms with Crippen molar-refractivity contribution >= 4 is 12.6 Å². The predicted molar refractivity (Wildman–Crippen MR) is 88.0 cm³/mol. The quantitative estimate of drug-likeness (QED) is 0.725. The Morgan fingerprint density at radius 1 is 0.565 bits per heavy atom. The molecule has 0 N–H and O–H groups in total. The summed E-state index contributed by atoms with van der Waals surface area (Å²) in [5.41, 5.74) is 0. The van der Waals surface area contributed by atoms with Gasteiger partial charge in [0.2, 0.25) is 0 Å².